The van der Waals surface area contributed by atoms with Gasteiger partial charge >= 0.3 is 0 Å². The summed E-state index contributed by atoms with van der Waals surface area (Å²) in [5, 5.41) is 5.93. The Morgan fingerprint density at radius 1 is 1.50 bits per heavy atom. The summed E-state index contributed by atoms with van der Waals surface area (Å²) in [6, 6.07) is 0. The smallest absolute Gasteiger partial charge is 0.225 e. The van der Waals surface area contributed by atoms with Crippen molar-refractivity contribution in [3.05, 3.63) is 16.1 Å². The van der Waals surface area contributed by atoms with E-state index in [9.17, 15) is 4.79 Å². The first-order valence-corrected chi connectivity index (χ1v) is 6.41. The molecule has 0 aliphatic rings. The van der Waals surface area contributed by atoms with Crippen LogP contribution in [0.3, 0.4) is 0 Å². The van der Waals surface area contributed by atoms with Gasteiger partial charge in [-0.3, -0.25) is 4.79 Å². The maximum Gasteiger partial charge on any atom is 0.225 e. The Kier molecular flexibility index (Phi) is 4.08. The van der Waals surface area contributed by atoms with E-state index >= 15 is 0 Å². The fraction of sp³-hybridized carbons (Fsp3) is 0.667. The van der Waals surface area contributed by atoms with Gasteiger partial charge in [0.05, 0.1) is 12.2 Å². The predicted octanol–water partition coefficient (Wildman–Crippen LogP) is 2.93. The van der Waals surface area contributed by atoms with E-state index in [0.717, 1.165) is 10.7 Å². The van der Waals surface area contributed by atoms with Gasteiger partial charge in [0.2, 0.25) is 5.91 Å². The van der Waals surface area contributed by atoms with Gasteiger partial charge in [0, 0.05) is 10.8 Å². The Hall–Kier alpha value is -0.900. The van der Waals surface area contributed by atoms with Crippen LogP contribution in [0.15, 0.2) is 5.38 Å². The van der Waals surface area contributed by atoms with E-state index in [0.29, 0.717) is 12.5 Å². The van der Waals surface area contributed by atoms with Crippen molar-refractivity contribution < 1.29 is 4.79 Å². The molecule has 0 saturated heterocycles. The zero-order chi connectivity index (χ0) is 12.3. The number of rotatable bonds is 3. The lowest BCUT2D eigenvalue weighted by Gasteiger charge is -2.16. The van der Waals surface area contributed by atoms with Gasteiger partial charge < -0.3 is 5.32 Å². The number of nitrogens with zero attached hydrogens (tertiary/aromatic N) is 1. The number of amides is 1. The van der Waals surface area contributed by atoms with Gasteiger partial charge in [0.1, 0.15) is 5.01 Å². The van der Waals surface area contributed by atoms with Crippen LogP contribution >= 0.6 is 11.3 Å². The van der Waals surface area contributed by atoms with Gasteiger partial charge in [-0.25, -0.2) is 4.98 Å². The molecule has 1 amide bonds. The lowest BCUT2D eigenvalue weighted by molar-refractivity contribution is -0.128. The van der Waals surface area contributed by atoms with Crippen molar-refractivity contribution in [2.75, 3.05) is 0 Å². The van der Waals surface area contributed by atoms with Gasteiger partial charge in [-0.15, -0.1) is 11.3 Å². The second kappa shape index (κ2) is 4.95. The minimum absolute atomic E-state index is 0.0637. The Bertz CT molecular complexity index is 363. The number of hydrogen-bond donors (Lipinski definition) is 1. The maximum absolute atomic E-state index is 11.6. The molecule has 3 nitrogen and oxygen atoms in total. The maximum atomic E-state index is 11.6. The third-order valence-electron chi connectivity index (χ3n) is 2.24. The van der Waals surface area contributed by atoms with Gasteiger partial charge in [-0.1, -0.05) is 34.6 Å². The van der Waals surface area contributed by atoms with Crippen LogP contribution in [0.1, 0.15) is 51.2 Å². The largest absolute Gasteiger partial charge is 0.349 e. The average molecular weight is 240 g/mol. The first kappa shape index (κ1) is 13.2. The molecule has 1 heterocycles. The summed E-state index contributed by atoms with van der Waals surface area (Å²) in [7, 11) is 0. The average Bonchev–Trinajstić information content (AvgIpc) is 2.60. The molecule has 16 heavy (non-hydrogen) atoms. The summed E-state index contributed by atoms with van der Waals surface area (Å²) >= 11 is 1.60. The number of thiazole rings is 1. The summed E-state index contributed by atoms with van der Waals surface area (Å²) in [6.45, 7) is 10.5. The molecule has 0 unspecified atom stereocenters. The van der Waals surface area contributed by atoms with Crippen molar-refractivity contribution in [3.63, 3.8) is 0 Å². The lowest BCUT2D eigenvalue weighted by atomic mass is 9.96. The molecule has 0 aliphatic heterocycles. The third-order valence-corrected chi connectivity index (χ3v) is 3.11. The third kappa shape index (κ3) is 3.59. The molecule has 0 fully saturated rings. The lowest BCUT2D eigenvalue weighted by Crippen LogP contribution is -2.34. The van der Waals surface area contributed by atoms with Crippen molar-refractivity contribution in [1.82, 2.24) is 10.3 Å². The predicted molar refractivity (Wildman–Crippen MR) is 67.5 cm³/mol. The zero-order valence-corrected chi connectivity index (χ0v) is 11.4. The van der Waals surface area contributed by atoms with Crippen LogP contribution in [0.5, 0.6) is 0 Å². The summed E-state index contributed by atoms with van der Waals surface area (Å²) < 4.78 is 0. The SMILES string of the molecule is CC(C)c1csc(CNC(=O)C(C)(C)C)n1. The van der Waals surface area contributed by atoms with Crippen molar-refractivity contribution in [2.24, 2.45) is 5.41 Å². The molecule has 4 heteroatoms. The number of carbonyl (C=O) groups excluding carboxylic acids is 1. The molecule has 0 atom stereocenters. The van der Waals surface area contributed by atoms with Gasteiger partial charge in [0.25, 0.3) is 0 Å². The molecule has 90 valence electrons. The van der Waals surface area contributed by atoms with Crippen LogP contribution in [0.4, 0.5) is 0 Å². The second-order valence-electron chi connectivity index (χ2n) is 5.25. The van der Waals surface area contributed by atoms with Crippen molar-refractivity contribution in [2.45, 2.75) is 47.1 Å². The molecule has 1 rings (SSSR count). The molecule has 0 bridgehead atoms. The molecule has 0 aliphatic carbocycles. The molecule has 0 spiro atoms. The summed E-state index contributed by atoms with van der Waals surface area (Å²) in [5.74, 6) is 0.511. The van der Waals surface area contributed by atoms with Crippen molar-refractivity contribution in [1.29, 1.82) is 0 Å². The van der Waals surface area contributed by atoms with Gasteiger partial charge in [-0.05, 0) is 5.92 Å². The zero-order valence-electron chi connectivity index (χ0n) is 10.6. The van der Waals surface area contributed by atoms with Gasteiger partial charge in [-0.2, -0.15) is 0 Å². The van der Waals surface area contributed by atoms with E-state index in [4.69, 9.17) is 0 Å². The number of hydrogen-bond acceptors (Lipinski definition) is 3. The van der Waals surface area contributed by atoms with Gasteiger partial charge in [0.15, 0.2) is 0 Å². The topological polar surface area (TPSA) is 42.0 Å². The Morgan fingerprint density at radius 3 is 2.56 bits per heavy atom. The van der Waals surface area contributed by atoms with Crippen molar-refractivity contribution in [3.8, 4) is 0 Å². The van der Waals surface area contributed by atoms with E-state index in [1.807, 2.05) is 20.8 Å². The Labute approximate surface area is 101 Å². The molecule has 0 radical (unpaired) electrons. The molecule has 0 aromatic carbocycles. The highest BCUT2D eigenvalue weighted by Gasteiger charge is 2.20. The molecule has 1 aromatic rings. The number of aromatic nitrogens is 1. The van der Waals surface area contributed by atoms with Crippen LogP contribution in [-0.4, -0.2) is 10.9 Å². The molecule has 1 N–H and O–H groups in total. The quantitative estimate of drug-likeness (QED) is 0.882. The van der Waals surface area contributed by atoms with Crippen LogP contribution < -0.4 is 5.32 Å². The van der Waals surface area contributed by atoms with E-state index in [1.165, 1.54) is 0 Å². The van der Waals surface area contributed by atoms with Crippen LogP contribution in [0.25, 0.3) is 0 Å². The standard InChI is InChI=1S/C12H20N2OS/c1-8(2)9-7-16-10(14-9)6-13-11(15)12(3,4)5/h7-8H,6H2,1-5H3,(H,13,15). The van der Waals surface area contributed by atoms with Crippen molar-refractivity contribution >= 4 is 17.2 Å². The molecule has 1 aromatic heterocycles. The van der Waals surface area contributed by atoms with Crippen LogP contribution in [0.2, 0.25) is 0 Å². The highest BCUT2D eigenvalue weighted by atomic mass is 32.1. The highest BCUT2D eigenvalue weighted by Crippen LogP contribution is 2.18. The van der Waals surface area contributed by atoms with E-state index in [-0.39, 0.29) is 11.3 Å². The molecule has 0 saturated carbocycles. The normalized spacial score (nSPS) is 11.9. The number of nitrogens with one attached hydrogen (secondary N) is 1. The summed E-state index contributed by atoms with van der Waals surface area (Å²) in [5.41, 5.74) is 0.767. The van der Waals surface area contributed by atoms with Crippen LogP contribution in [-0.2, 0) is 11.3 Å². The minimum atomic E-state index is -0.335. The van der Waals surface area contributed by atoms with E-state index < -0.39 is 0 Å². The molecular formula is C12H20N2OS. The monoisotopic (exact) mass is 240 g/mol. The first-order valence-electron chi connectivity index (χ1n) is 5.53. The Balaban J connectivity index is 2.52. The van der Waals surface area contributed by atoms with Crippen LogP contribution in [0, 0.1) is 5.41 Å². The highest BCUT2D eigenvalue weighted by molar-refractivity contribution is 7.09. The van der Waals surface area contributed by atoms with E-state index in [2.05, 4.69) is 29.5 Å². The minimum Gasteiger partial charge on any atom is -0.349 e. The fourth-order valence-corrected chi connectivity index (χ4v) is 1.99. The summed E-state index contributed by atoms with van der Waals surface area (Å²) in [4.78, 5) is 16.1. The second-order valence-corrected chi connectivity index (χ2v) is 6.20. The first-order chi connectivity index (χ1) is 7.30. The van der Waals surface area contributed by atoms with E-state index in [1.54, 1.807) is 11.3 Å². The fourth-order valence-electron chi connectivity index (χ4n) is 1.09. The summed E-state index contributed by atoms with van der Waals surface area (Å²) in [6.07, 6.45) is 0. The Morgan fingerprint density at radius 2 is 2.12 bits per heavy atom. The number of carbonyl (C=O) groups is 1. The molecular weight excluding hydrogens is 220 g/mol.